The van der Waals surface area contributed by atoms with Gasteiger partial charge in [0.1, 0.15) is 12.6 Å². The van der Waals surface area contributed by atoms with E-state index in [9.17, 15) is 18.0 Å². The van der Waals surface area contributed by atoms with Crippen molar-refractivity contribution in [3.05, 3.63) is 94.5 Å². The Kier molecular flexibility index (Phi) is 10.1. The summed E-state index contributed by atoms with van der Waals surface area (Å²) in [4.78, 5) is 28.9. The second-order valence-electron chi connectivity index (χ2n) is 10.7. The van der Waals surface area contributed by atoms with Gasteiger partial charge >= 0.3 is 0 Å². The number of nitrogens with zero attached hydrogens (tertiary/aromatic N) is 2. The van der Waals surface area contributed by atoms with Gasteiger partial charge in [-0.25, -0.2) is 8.42 Å². The van der Waals surface area contributed by atoms with Crippen molar-refractivity contribution in [3.8, 4) is 0 Å². The van der Waals surface area contributed by atoms with Crippen LogP contribution in [0.5, 0.6) is 0 Å². The maximum atomic E-state index is 14.1. The molecule has 1 atom stereocenters. The summed E-state index contributed by atoms with van der Waals surface area (Å²) in [5.74, 6) is -0.686. The molecule has 0 saturated heterocycles. The molecule has 7 nitrogen and oxygen atoms in total. The van der Waals surface area contributed by atoms with E-state index in [1.165, 1.54) is 17.0 Å². The van der Waals surface area contributed by atoms with Crippen LogP contribution in [-0.2, 0) is 26.0 Å². The molecule has 1 aliphatic rings. The molecule has 9 heteroatoms. The molecule has 2 amide bonds. The van der Waals surface area contributed by atoms with Gasteiger partial charge in [0.2, 0.25) is 11.8 Å². The molecule has 1 N–H and O–H groups in total. The average Bonchev–Trinajstić information content (AvgIpc) is 3.46. The minimum atomic E-state index is -4.12. The fraction of sp³-hybridized carbons (Fsp3) is 0.375. The van der Waals surface area contributed by atoms with Gasteiger partial charge in [-0.1, -0.05) is 72.5 Å². The Bertz CT molecular complexity index is 1460. The predicted octanol–water partition coefficient (Wildman–Crippen LogP) is 5.67. The maximum absolute atomic E-state index is 14.1. The molecule has 41 heavy (non-hydrogen) atoms. The van der Waals surface area contributed by atoms with Crippen LogP contribution in [0.4, 0.5) is 5.69 Å². The molecule has 1 unspecified atom stereocenters. The number of hydrogen-bond acceptors (Lipinski definition) is 4. The van der Waals surface area contributed by atoms with Gasteiger partial charge < -0.3 is 10.2 Å². The van der Waals surface area contributed by atoms with Crippen molar-refractivity contribution in [2.24, 2.45) is 0 Å². The number of amides is 2. The van der Waals surface area contributed by atoms with Gasteiger partial charge in [0.05, 0.1) is 10.6 Å². The minimum absolute atomic E-state index is 0.0770. The summed E-state index contributed by atoms with van der Waals surface area (Å²) in [6.45, 7) is 5.14. The second kappa shape index (κ2) is 13.5. The van der Waals surface area contributed by atoms with Crippen molar-refractivity contribution in [2.45, 2.75) is 69.9 Å². The largest absolute Gasteiger partial charge is 0.352 e. The van der Waals surface area contributed by atoms with Crippen LogP contribution in [0.2, 0.25) is 5.02 Å². The van der Waals surface area contributed by atoms with Gasteiger partial charge in [-0.05, 0) is 81.5 Å². The monoisotopic (exact) mass is 595 g/mol. The number of hydrogen-bond donors (Lipinski definition) is 1. The Hall–Kier alpha value is -3.36. The highest BCUT2D eigenvalue weighted by molar-refractivity contribution is 7.92. The molecule has 0 heterocycles. The zero-order valence-corrected chi connectivity index (χ0v) is 25.4. The molecule has 0 aromatic heterocycles. The van der Waals surface area contributed by atoms with Crippen molar-refractivity contribution in [2.75, 3.05) is 17.4 Å². The fourth-order valence-corrected chi connectivity index (χ4v) is 6.92. The van der Waals surface area contributed by atoms with Crippen LogP contribution in [0.15, 0.2) is 77.7 Å². The molecule has 3 aromatic carbocycles. The zero-order chi connectivity index (χ0) is 29.6. The Labute approximate surface area is 248 Å². The van der Waals surface area contributed by atoms with E-state index in [0.717, 1.165) is 41.1 Å². The van der Waals surface area contributed by atoms with E-state index in [1.54, 1.807) is 44.2 Å². The lowest BCUT2D eigenvalue weighted by molar-refractivity contribution is -0.139. The average molecular weight is 596 g/mol. The number of aryl methyl sites for hydroxylation is 2. The lowest BCUT2D eigenvalue weighted by Crippen LogP contribution is -2.53. The van der Waals surface area contributed by atoms with E-state index in [4.69, 9.17) is 11.6 Å². The summed E-state index contributed by atoms with van der Waals surface area (Å²) in [5.41, 5.74) is 2.91. The summed E-state index contributed by atoms with van der Waals surface area (Å²) in [5, 5.41) is 3.56. The number of benzene rings is 3. The quantitative estimate of drug-likeness (QED) is 0.309. The van der Waals surface area contributed by atoms with Gasteiger partial charge in [-0.3, -0.25) is 13.9 Å². The van der Waals surface area contributed by atoms with Gasteiger partial charge in [0.15, 0.2) is 0 Å². The number of sulfonamides is 1. The van der Waals surface area contributed by atoms with Crippen molar-refractivity contribution < 1.29 is 18.0 Å². The third-order valence-corrected chi connectivity index (χ3v) is 9.68. The van der Waals surface area contributed by atoms with Crippen molar-refractivity contribution in [1.82, 2.24) is 10.2 Å². The summed E-state index contributed by atoms with van der Waals surface area (Å²) < 4.78 is 29.1. The molecule has 4 rings (SSSR count). The highest BCUT2D eigenvalue weighted by atomic mass is 35.5. The zero-order valence-electron chi connectivity index (χ0n) is 23.8. The molecule has 0 radical (unpaired) electrons. The van der Waals surface area contributed by atoms with Crippen molar-refractivity contribution in [3.63, 3.8) is 0 Å². The van der Waals surface area contributed by atoms with Gasteiger partial charge in [-0.2, -0.15) is 0 Å². The molecular weight excluding hydrogens is 558 g/mol. The molecular formula is C32H38ClN3O4S. The number of halogens is 1. The predicted molar refractivity (Wildman–Crippen MR) is 164 cm³/mol. The Morgan fingerprint density at radius 3 is 2.27 bits per heavy atom. The smallest absolute Gasteiger partial charge is 0.264 e. The molecule has 1 aliphatic carbocycles. The first-order chi connectivity index (χ1) is 19.6. The first-order valence-corrected chi connectivity index (χ1v) is 15.9. The topological polar surface area (TPSA) is 86.8 Å². The third-order valence-electron chi connectivity index (χ3n) is 7.67. The molecule has 1 saturated carbocycles. The summed E-state index contributed by atoms with van der Waals surface area (Å²) in [6.07, 6.45) is 4.52. The summed E-state index contributed by atoms with van der Waals surface area (Å²) >= 11 is 6.18. The SMILES string of the molecule is Cc1ccc(S(=O)(=O)N(CC(=O)N(CCc2ccccc2)C(C)C(=O)NC2CCCC2)c2ccc(Cl)cc2C)cc1. The molecule has 1 fully saturated rings. The van der Waals surface area contributed by atoms with Gasteiger partial charge in [0, 0.05) is 17.6 Å². The van der Waals surface area contributed by atoms with Gasteiger partial charge in [-0.15, -0.1) is 0 Å². The Morgan fingerprint density at radius 2 is 1.63 bits per heavy atom. The molecule has 0 spiro atoms. The van der Waals surface area contributed by atoms with Crippen LogP contribution >= 0.6 is 11.6 Å². The van der Waals surface area contributed by atoms with E-state index in [0.29, 0.717) is 22.7 Å². The lowest BCUT2D eigenvalue weighted by Gasteiger charge is -2.33. The number of anilines is 1. The number of nitrogens with one attached hydrogen (secondary N) is 1. The number of carbonyl (C=O) groups is 2. The first-order valence-electron chi connectivity index (χ1n) is 14.1. The maximum Gasteiger partial charge on any atom is 0.264 e. The number of carbonyl (C=O) groups excluding carboxylic acids is 2. The first kappa shape index (κ1) is 30.6. The molecule has 3 aromatic rings. The van der Waals surface area contributed by atoms with Crippen LogP contribution in [0.3, 0.4) is 0 Å². The third kappa shape index (κ3) is 7.68. The van der Waals surface area contributed by atoms with Crippen LogP contribution < -0.4 is 9.62 Å². The fourth-order valence-electron chi connectivity index (χ4n) is 5.21. The standard InChI is InChI=1S/C32H38ClN3O4S/c1-23-13-16-29(17-14-23)41(39,40)36(30-18-15-27(33)21-24(30)2)22-31(37)35(20-19-26-9-5-4-6-10-26)25(3)32(38)34-28-11-7-8-12-28/h4-6,9-10,13-18,21,25,28H,7-8,11-12,19-20,22H2,1-3H3,(H,34,38). The van der Waals surface area contributed by atoms with E-state index in [-0.39, 0.29) is 23.4 Å². The van der Waals surface area contributed by atoms with Crippen molar-refractivity contribution >= 4 is 39.1 Å². The highest BCUT2D eigenvalue weighted by Gasteiger charge is 2.33. The van der Waals surface area contributed by atoms with Gasteiger partial charge in [0.25, 0.3) is 10.0 Å². The second-order valence-corrected chi connectivity index (χ2v) is 13.0. The van der Waals surface area contributed by atoms with Crippen LogP contribution in [0.1, 0.15) is 49.3 Å². The number of rotatable bonds is 11. The van der Waals surface area contributed by atoms with E-state index >= 15 is 0 Å². The van der Waals surface area contributed by atoms with Crippen LogP contribution in [-0.4, -0.2) is 50.3 Å². The molecule has 0 aliphatic heterocycles. The Balaban J connectivity index is 1.67. The lowest BCUT2D eigenvalue weighted by atomic mass is 10.1. The van der Waals surface area contributed by atoms with Crippen LogP contribution in [0.25, 0.3) is 0 Å². The highest BCUT2D eigenvalue weighted by Crippen LogP contribution is 2.29. The molecule has 218 valence electrons. The summed E-state index contributed by atoms with van der Waals surface area (Å²) in [6, 6.07) is 20.5. The van der Waals surface area contributed by atoms with E-state index < -0.39 is 28.5 Å². The summed E-state index contributed by atoms with van der Waals surface area (Å²) in [7, 11) is -4.12. The Morgan fingerprint density at radius 1 is 0.976 bits per heavy atom. The van der Waals surface area contributed by atoms with Crippen LogP contribution in [0, 0.1) is 13.8 Å². The van der Waals surface area contributed by atoms with Crippen molar-refractivity contribution in [1.29, 1.82) is 0 Å². The van der Waals surface area contributed by atoms with E-state index in [1.807, 2.05) is 37.3 Å². The van der Waals surface area contributed by atoms with E-state index in [2.05, 4.69) is 5.32 Å². The minimum Gasteiger partial charge on any atom is -0.352 e. The molecule has 0 bridgehead atoms. The normalized spacial score (nSPS) is 14.4.